The van der Waals surface area contributed by atoms with Gasteiger partial charge in [-0.25, -0.2) is 4.98 Å². The number of ether oxygens (including phenoxy) is 1. The maximum absolute atomic E-state index is 5.35. The number of hydrogen-bond donors (Lipinski definition) is 1. The van der Waals surface area contributed by atoms with Crippen LogP contribution in [0.3, 0.4) is 0 Å². The first-order chi connectivity index (χ1) is 5.88. The largest absolute Gasteiger partial charge is 0.378 e. The van der Waals surface area contributed by atoms with Crippen molar-refractivity contribution in [2.24, 2.45) is 7.05 Å². The lowest BCUT2D eigenvalue weighted by Crippen LogP contribution is -2.36. The Morgan fingerprint density at radius 2 is 2.67 bits per heavy atom. The van der Waals surface area contributed by atoms with Crippen LogP contribution in [0, 0.1) is 0 Å². The van der Waals surface area contributed by atoms with Crippen LogP contribution in [0.2, 0.25) is 0 Å². The molecular weight excluding hydrogens is 154 g/mol. The molecule has 1 aliphatic heterocycles. The molecule has 0 saturated carbocycles. The van der Waals surface area contributed by atoms with Crippen LogP contribution in [0.15, 0.2) is 12.4 Å². The summed E-state index contributed by atoms with van der Waals surface area (Å²) in [5.74, 6) is 1.05. The fraction of sp³-hybridized carbons (Fsp3) is 0.625. The third-order valence-corrected chi connectivity index (χ3v) is 2.09. The standard InChI is InChI=1S/C8H13N3O/c1-11-4-2-10-8(11)7-6-12-5-3-9-7/h2,4,7,9H,3,5-6H2,1H3. The molecule has 4 heteroatoms. The van der Waals surface area contributed by atoms with Crippen LogP contribution in [0.4, 0.5) is 0 Å². The van der Waals surface area contributed by atoms with E-state index in [1.807, 2.05) is 24.0 Å². The average molecular weight is 167 g/mol. The van der Waals surface area contributed by atoms with E-state index in [4.69, 9.17) is 4.74 Å². The van der Waals surface area contributed by atoms with E-state index in [9.17, 15) is 0 Å². The number of rotatable bonds is 1. The van der Waals surface area contributed by atoms with E-state index in [0.29, 0.717) is 0 Å². The van der Waals surface area contributed by atoms with Crippen LogP contribution in [0.5, 0.6) is 0 Å². The van der Waals surface area contributed by atoms with Crippen LogP contribution in [-0.4, -0.2) is 29.3 Å². The van der Waals surface area contributed by atoms with E-state index in [1.54, 1.807) is 0 Å². The molecule has 1 N–H and O–H groups in total. The summed E-state index contributed by atoms with van der Waals surface area (Å²) in [5.41, 5.74) is 0. The summed E-state index contributed by atoms with van der Waals surface area (Å²) in [6.45, 7) is 2.45. The van der Waals surface area contributed by atoms with Crippen molar-refractivity contribution < 1.29 is 4.74 Å². The number of hydrogen-bond acceptors (Lipinski definition) is 3. The van der Waals surface area contributed by atoms with Crippen LogP contribution >= 0.6 is 0 Å². The van der Waals surface area contributed by atoms with Crippen molar-refractivity contribution in [1.29, 1.82) is 0 Å². The zero-order chi connectivity index (χ0) is 8.39. The maximum atomic E-state index is 5.35. The van der Waals surface area contributed by atoms with Gasteiger partial charge in [0, 0.05) is 26.0 Å². The Labute approximate surface area is 71.6 Å². The third kappa shape index (κ3) is 1.35. The number of imidazole rings is 1. The first kappa shape index (κ1) is 7.76. The topological polar surface area (TPSA) is 39.1 Å². The molecule has 0 bridgehead atoms. The zero-order valence-electron chi connectivity index (χ0n) is 7.16. The van der Waals surface area contributed by atoms with Gasteiger partial charge in [-0.3, -0.25) is 0 Å². The summed E-state index contributed by atoms with van der Waals surface area (Å²) < 4.78 is 7.37. The van der Waals surface area contributed by atoms with Gasteiger partial charge in [0.05, 0.1) is 19.3 Å². The van der Waals surface area contributed by atoms with Gasteiger partial charge in [-0.1, -0.05) is 0 Å². The lowest BCUT2D eigenvalue weighted by Gasteiger charge is -2.23. The summed E-state index contributed by atoms with van der Waals surface area (Å²) in [6.07, 6.45) is 3.76. The predicted octanol–water partition coefficient (Wildman–Crippen LogP) is 0.0810. The van der Waals surface area contributed by atoms with E-state index in [2.05, 4.69) is 10.3 Å². The molecule has 2 rings (SSSR count). The van der Waals surface area contributed by atoms with Gasteiger partial charge < -0.3 is 14.6 Å². The first-order valence-electron chi connectivity index (χ1n) is 4.16. The molecule has 0 aliphatic carbocycles. The second-order valence-corrected chi connectivity index (χ2v) is 2.98. The highest BCUT2D eigenvalue weighted by Crippen LogP contribution is 2.11. The molecule has 1 atom stereocenters. The molecule has 0 spiro atoms. The quantitative estimate of drug-likeness (QED) is 0.644. The molecule has 1 unspecified atom stereocenters. The fourth-order valence-electron chi connectivity index (χ4n) is 1.44. The molecule has 4 nitrogen and oxygen atoms in total. The Morgan fingerprint density at radius 1 is 1.75 bits per heavy atom. The van der Waals surface area contributed by atoms with Gasteiger partial charge in [0.15, 0.2) is 0 Å². The highest BCUT2D eigenvalue weighted by atomic mass is 16.5. The van der Waals surface area contributed by atoms with Gasteiger partial charge in [-0.05, 0) is 0 Å². The Morgan fingerprint density at radius 3 is 3.25 bits per heavy atom. The average Bonchev–Trinajstić information content (AvgIpc) is 2.53. The van der Waals surface area contributed by atoms with Crippen molar-refractivity contribution in [3.8, 4) is 0 Å². The third-order valence-electron chi connectivity index (χ3n) is 2.09. The first-order valence-corrected chi connectivity index (χ1v) is 4.16. The SMILES string of the molecule is Cn1ccnc1C1COCCN1. The smallest absolute Gasteiger partial charge is 0.127 e. The van der Waals surface area contributed by atoms with Crippen molar-refractivity contribution in [3.05, 3.63) is 18.2 Å². The van der Waals surface area contributed by atoms with E-state index in [-0.39, 0.29) is 6.04 Å². The second kappa shape index (κ2) is 3.25. The Kier molecular flexibility index (Phi) is 2.10. The monoisotopic (exact) mass is 167 g/mol. The molecule has 2 heterocycles. The lowest BCUT2D eigenvalue weighted by atomic mass is 10.2. The maximum Gasteiger partial charge on any atom is 0.127 e. The summed E-state index contributed by atoms with van der Waals surface area (Å²) in [5, 5.41) is 3.35. The summed E-state index contributed by atoms with van der Waals surface area (Å²) in [4.78, 5) is 4.26. The Balaban J connectivity index is 2.13. The molecule has 0 aromatic carbocycles. The number of nitrogens with one attached hydrogen (secondary N) is 1. The summed E-state index contributed by atoms with van der Waals surface area (Å²) in [7, 11) is 2.00. The number of aryl methyl sites for hydroxylation is 1. The highest BCUT2D eigenvalue weighted by molar-refractivity contribution is 4.99. The van der Waals surface area contributed by atoms with E-state index in [1.165, 1.54) is 0 Å². The zero-order valence-corrected chi connectivity index (χ0v) is 7.16. The summed E-state index contributed by atoms with van der Waals surface area (Å²) >= 11 is 0. The highest BCUT2D eigenvalue weighted by Gasteiger charge is 2.18. The van der Waals surface area contributed by atoms with Crippen LogP contribution in [-0.2, 0) is 11.8 Å². The van der Waals surface area contributed by atoms with Gasteiger partial charge in [-0.15, -0.1) is 0 Å². The summed E-state index contributed by atoms with van der Waals surface area (Å²) in [6, 6.07) is 0.263. The molecule has 1 aromatic heterocycles. The normalized spacial score (nSPS) is 24.2. The molecule has 1 fully saturated rings. The molecule has 0 radical (unpaired) electrons. The van der Waals surface area contributed by atoms with Crippen molar-refractivity contribution in [2.45, 2.75) is 6.04 Å². The Bertz CT molecular complexity index is 253. The van der Waals surface area contributed by atoms with Crippen LogP contribution < -0.4 is 5.32 Å². The number of nitrogens with zero attached hydrogens (tertiary/aromatic N) is 2. The molecule has 1 aromatic rings. The van der Waals surface area contributed by atoms with Crippen molar-refractivity contribution in [2.75, 3.05) is 19.8 Å². The molecular formula is C8H13N3O. The Hall–Kier alpha value is -0.870. The van der Waals surface area contributed by atoms with Gasteiger partial charge >= 0.3 is 0 Å². The van der Waals surface area contributed by atoms with E-state index < -0.39 is 0 Å². The van der Waals surface area contributed by atoms with Crippen molar-refractivity contribution >= 4 is 0 Å². The van der Waals surface area contributed by atoms with Gasteiger partial charge in [0.2, 0.25) is 0 Å². The minimum absolute atomic E-state index is 0.263. The minimum Gasteiger partial charge on any atom is -0.378 e. The lowest BCUT2D eigenvalue weighted by molar-refractivity contribution is 0.0734. The molecule has 1 saturated heterocycles. The minimum atomic E-state index is 0.263. The molecule has 12 heavy (non-hydrogen) atoms. The molecule has 1 aliphatic rings. The second-order valence-electron chi connectivity index (χ2n) is 2.98. The molecule has 0 amide bonds. The predicted molar refractivity (Wildman–Crippen MR) is 44.8 cm³/mol. The van der Waals surface area contributed by atoms with Crippen LogP contribution in [0.25, 0.3) is 0 Å². The van der Waals surface area contributed by atoms with E-state index >= 15 is 0 Å². The number of morpholine rings is 1. The van der Waals surface area contributed by atoms with Crippen molar-refractivity contribution in [3.63, 3.8) is 0 Å². The van der Waals surface area contributed by atoms with Crippen LogP contribution in [0.1, 0.15) is 11.9 Å². The fourth-order valence-corrected chi connectivity index (χ4v) is 1.44. The van der Waals surface area contributed by atoms with E-state index in [0.717, 1.165) is 25.6 Å². The van der Waals surface area contributed by atoms with Gasteiger partial charge in [0.1, 0.15) is 5.82 Å². The van der Waals surface area contributed by atoms with Gasteiger partial charge in [0.25, 0.3) is 0 Å². The van der Waals surface area contributed by atoms with Crippen molar-refractivity contribution in [1.82, 2.24) is 14.9 Å². The number of aromatic nitrogens is 2. The van der Waals surface area contributed by atoms with Gasteiger partial charge in [-0.2, -0.15) is 0 Å². The molecule has 66 valence electrons.